The van der Waals surface area contributed by atoms with Gasteiger partial charge in [0, 0.05) is 37.7 Å². The van der Waals surface area contributed by atoms with E-state index >= 15 is 0 Å². The fraction of sp³-hybridized carbons (Fsp3) is 0.290. The lowest BCUT2D eigenvalue weighted by Gasteiger charge is -2.23. The number of aryl methyl sites for hydroxylation is 4. The van der Waals surface area contributed by atoms with E-state index in [1.807, 2.05) is 18.2 Å². The summed E-state index contributed by atoms with van der Waals surface area (Å²) in [5.74, 6) is 1.72. The zero-order chi connectivity index (χ0) is 24.2. The Balaban J connectivity index is 1.17. The van der Waals surface area contributed by atoms with Crippen LogP contribution in [-0.4, -0.2) is 22.0 Å². The minimum atomic E-state index is 0.134. The quantitative estimate of drug-likeness (QED) is 0.358. The van der Waals surface area contributed by atoms with Crippen LogP contribution in [0.3, 0.4) is 0 Å². The topological polar surface area (TPSA) is 46.9 Å². The first kappa shape index (κ1) is 23.1. The van der Waals surface area contributed by atoms with Crippen molar-refractivity contribution in [1.82, 2.24) is 14.9 Å². The van der Waals surface area contributed by atoms with Crippen LogP contribution >= 0.6 is 0 Å². The van der Waals surface area contributed by atoms with Crippen molar-refractivity contribution in [1.29, 1.82) is 0 Å². The van der Waals surface area contributed by atoms with E-state index in [1.165, 1.54) is 27.8 Å². The van der Waals surface area contributed by atoms with Gasteiger partial charge < -0.3 is 9.88 Å². The second kappa shape index (κ2) is 10.3. The average molecular weight is 464 g/mol. The summed E-state index contributed by atoms with van der Waals surface area (Å²) in [7, 11) is 0. The molecule has 2 heterocycles. The minimum Gasteiger partial charge on any atom is -0.356 e. The van der Waals surface area contributed by atoms with Crippen molar-refractivity contribution in [2.45, 2.75) is 46.1 Å². The van der Waals surface area contributed by atoms with E-state index in [9.17, 15) is 4.79 Å². The van der Waals surface area contributed by atoms with E-state index in [0.29, 0.717) is 12.3 Å². The summed E-state index contributed by atoms with van der Waals surface area (Å²) in [4.78, 5) is 17.2. The Bertz CT molecular complexity index is 1310. The number of hydrogen-bond acceptors (Lipinski definition) is 2. The van der Waals surface area contributed by atoms with Gasteiger partial charge in [0.25, 0.3) is 0 Å². The molecule has 0 saturated heterocycles. The first-order valence-corrected chi connectivity index (χ1v) is 12.6. The molecule has 1 aliphatic rings. The third-order valence-electron chi connectivity index (χ3n) is 7.18. The predicted octanol–water partition coefficient (Wildman–Crippen LogP) is 6.15. The minimum absolute atomic E-state index is 0.134. The molecule has 0 spiro atoms. The summed E-state index contributed by atoms with van der Waals surface area (Å²) in [6.07, 6.45) is 5.50. The molecule has 1 amide bonds. The monoisotopic (exact) mass is 463 g/mol. The summed E-state index contributed by atoms with van der Waals surface area (Å²) < 4.78 is 2.27. The molecule has 35 heavy (non-hydrogen) atoms. The number of nitrogens with zero attached hydrogens (tertiary/aromatic N) is 2. The molecule has 178 valence electrons. The van der Waals surface area contributed by atoms with Gasteiger partial charge >= 0.3 is 0 Å². The van der Waals surface area contributed by atoms with Gasteiger partial charge in [0.1, 0.15) is 5.82 Å². The van der Waals surface area contributed by atoms with Crippen molar-refractivity contribution in [2.75, 3.05) is 6.54 Å². The lowest BCUT2D eigenvalue weighted by molar-refractivity contribution is -0.121. The number of carbonyl (C=O) groups excluding carboxylic acids is 1. The molecule has 1 atom stereocenters. The first-order valence-electron chi connectivity index (χ1n) is 12.6. The summed E-state index contributed by atoms with van der Waals surface area (Å²) in [5.41, 5.74) is 8.48. The SMILES string of the molecule is Cc1ccc(-c2ccc(-c3cn4c(n3)CCC(CNC(=O)CCc3ccccc3)C4)cc2)cc1C. The predicted molar refractivity (Wildman–Crippen MR) is 142 cm³/mol. The molecule has 1 aromatic heterocycles. The lowest BCUT2D eigenvalue weighted by atomic mass is 9.99. The third-order valence-corrected chi connectivity index (χ3v) is 7.18. The highest BCUT2D eigenvalue weighted by Crippen LogP contribution is 2.28. The van der Waals surface area contributed by atoms with Gasteiger partial charge in [-0.05, 0) is 60.4 Å². The van der Waals surface area contributed by atoms with E-state index in [4.69, 9.17) is 4.98 Å². The van der Waals surface area contributed by atoms with Crippen molar-refractivity contribution in [3.05, 3.63) is 102 Å². The fourth-order valence-corrected chi connectivity index (χ4v) is 4.82. The highest BCUT2D eigenvalue weighted by atomic mass is 16.1. The van der Waals surface area contributed by atoms with Crippen molar-refractivity contribution in [2.24, 2.45) is 5.92 Å². The summed E-state index contributed by atoms with van der Waals surface area (Å²) >= 11 is 0. The van der Waals surface area contributed by atoms with E-state index < -0.39 is 0 Å². The molecular formula is C31H33N3O. The van der Waals surface area contributed by atoms with Crippen LogP contribution in [0, 0.1) is 19.8 Å². The zero-order valence-corrected chi connectivity index (χ0v) is 20.6. The van der Waals surface area contributed by atoms with Crippen molar-refractivity contribution < 1.29 is 4.79 Å². The number of fused-ring (bicyclic) bond motifs is 1. The normalized spacial score (nSPS) is 15.0. The molecule has 1 N–H and O–H groups in total. The van der Waals surface area contributed by atoms with Crippen LogP contribution in [0.15, 0.2) is 79.0 Å². The van der Waals surface area contributed by atoms with Crippen LogP contribution in [0.4, 0.5) is 0 Å². The first-order chi connectivity index (χ1) is 17.0. The molecule has 1 unspecified atom stereocenters. The Morgan fingerprint density at radius 3 is 2.46 bits per heavy atom. The molecule has 5 rings (SSSR count). The number of carbonyl (C=O) groups is 1. The summed E-state index contributed by atoms with van der Waals surface area (Å²) in [5, 5.41) is 3.15. The van der Waals surface area contributed by atoms with Crippen LogP contribution in [0.5, 0.6) is 0 Å². The summed E-state index contributed by atoms with van der Waals surface area (Å²) in [6.45, 7) is 5.94. The highest BCUT2D eigenvalue weighted by molar-refractivity contribution is 5.76. The number of benzene rings is 3. The number of hydrogen-bond donors (Lipinski definition) is 1. The van der Waals surface area contributed by atoms with Gasteiger partial charge in [0.15, 0.2) is 0 Å². The largest absolute Gasteiger partial charge is 0.356 e. The second-order valence-corrected chi connectivity index (χ2v) is 9.77. The van der Waals surface area contributed by atoms with Gasteiger partial charge in [0.05, 0.1) is 5.69 Å². The van der Waals surface area contributed by atoms with E-state index in [2.05, 4.69) is 84.5 Å². The Hall–Kier alpha value is -3.66. The number of rotatable bonds is 7. The standard InChI is InChI=1S/C31H33N3O/c1-22-8-11-28(18-23(22)2)26-12-14-27(15-13-26)29-21-34-20-25(9-16-30(34)33-29)19-32-31(35)17-10-24-6-4-3-5-7-24/h3-8,11-15,18,21,25H,9-10,16-17,19-20H2,1-2H3,(H,32,35). The number of amides is 1. The molecular weight excluding hydrogens is 430 g/mol. The zero-order valence-electron chi connectivity index (χ0n) is 20.6. The number of imidazole rings is 1. The highest BCUT2D eigenvalue weighted by Gasteiger charge is 2.21. The van der Waals surface area contributed by atoms with Crippen molar-refractivity contribution >= 4 is 5.91 Å². The molecule has 4 aromatic rings. The van der Waals surface area contributed by atoms with Gasteiger partial charge in [-0.1, -0.05) is 72.8 Å². The van der Waals surface area contributed by atoms with Crippen LogP contribution in [0.2, 0.25) is 0 Å². The summed E-state index contributed by atoms with van der Waals surface area (Å²) in [6, 6.07) is 25.5. The maximum absolute atomic E-state index is 12.3. The number of nitrogens with one attached hydrogen (secondary N) is 1. The maximum Gasteiger partial charge on any atom is 0.220 e. The molecule has 0 aliphatic carbocycles. The molecule has 0 fully saturated rings. The molecule has 3 aromatic carbocycles. The smallest absolute Gasteiger partial charge is 0.220 e. The number of aromatic nitrogens is 2. The van der Waals surface area contributed by atoms with Gasteiger partial charge in [-0.2, -0.15) is 0 Å². The molecule has 1 aliphatic heterocycles. The third kappa shape index (κ3) is 5.54. The van der Waals surface area contributed by atoms with Gasteiger partial charge in [-0.15, -0.1) is 0 Å². The maximum atomic E-state index is 12.3. The van der Waals surface area contributed by atoms with E-state index in [1.54, 1.807) is 0 Å². The second-order valence-electron chi connectivity index (χ2n) is 9.77. The van der Waals surface area contributed by atoms with Gasteiger partial charge in [-0.25, -0.2) is 4.98 Å². The van der Waals surface area contributed by atoms with Crippen LogP contribution < -0.4 is 5.32 Å². The van der Waals surface area contributed by atoms with Gasteiger partial charge in [-0.3, -0.25) is 4.79 Å². The molecule has 0 saturated carbocycles. The molecule has 4 heteroatoms. The van der Waals surface area contributed by atoms with Crippen LogP contribution in [-0.2, 0) is 24.2 Å². The molecule has 0 bridgehead atoms. The Kier molecular flexibility index (Phi) is 6.80. The molecule has 0 radical (unpaired) electrons. The average Bonchev–Trinajstić information content (AvgIpc) is 3.32. The fourth-order valence-electron chi connectivity index (χ4n) is 4.82. The molecule has 4 nitrogen and oxygen atoms in total. The Morgan fingerprint density at radius 2 is 1.69 bits per heavy atom. The van der Waals surface area contributed by atoms with E-state index in [0.717, 1.165) is 49.4 Å². The van der Waals surface area contributed by atoms with E-state index in [-0.39, 0.29) is 5.91 Å². The Labute approximate surface area is 208 Å². The van der Waals surface area contributed by atoms with Gasteiger partial charge in [0.2, 0.25) is 5.91 Å². The van der Waals surface area contributed by atoms with Crippen molar-refractivity contribution in [3.8, 4) is 22.4 Å². The lowest BCUT2D eigenvalue weighted by Crippen LogP contribution is -2.33. The Morgan fingerprint density at radius 1 is 0.943 bits per heavy atom. The van der Waals surface area contributed by atoms with Crippen LogP contribution in [0.1, 0.15) is 35.4 Å². The van der Waals surface area contributed by atoms with Crippen molar-refractivity contribution in [3.63, 3.8) is 0 Å². The van der Waals surface area contributed by atoms with Crippen LogP contribution in [0.25, 0.3) is 22.4 Å².